The molecule has 146 valence electrons. The van der Waals surface area contributed by atoms with E-state index in [0.717, 1.165) is 45.2 Å². The number of para-hydroxylation sites is 3. The van der Waals surface area contributed by atoms with Crippen LogP contribution in [-0.2, 0) is 4.79 Å². The van der Waals surface area contributed by atoms with Gasteiger partial charge in [0, 0.05) is 11.1 Å². The largest absolute Gasteiger partial charge is 0.497 e. The van der Waals surface area contributed by atoms with Crippen molar-refractivity contribution in [3.63, 3.8) is 0 Å². The van der Waals surface area contributed by atoms with E-state index >= 15 is 0 Å². The fourth-order valence-corrected chi connectivity index (χ4v) is 4.65. The van der Waals surface area contributed by atoms with E-state index in [-0.39, 0.29) is 11.9 Å². The highest BCUT2D eigenvalue weighted by atomic mass is 16.5. The first-order valence-corrected chi connectivity index (χ1v) is 9.97. The number of rotatable bonds is 2. The molecule has 0 spiro atoms. The monoisotopic (exact) mass is 393 g/mol. The minimum Gasteiger partial charge on any atom is -0.497 e. The maximum absolute atomic E-state index is 13.1. The van der Waals surface area contributed by atoms with E-state index in [9.17, 15) is 4.79 Å². The number of carbonyl (C=O) groups excluding carboxylic acids is 1. The summed E-state index contributed by atoms with van der Waals surface area (Å²) in [5.74, 6) is 0.776. The first-order valence-electron chi connectivity index (χ1n) is 9.97. The summed E-state index contributed by atoms with van der Waals surface area (Å²) in [7, 11) is 1.66. The standard InChI is InChI=1S/C25H19N3O2/c1-30-16-12-10-15(11-13-16)24-23-18(17-6-2-3-7-19(17)26-23)14-22-25(29)27-20-8-4-5-9-21(20)28(22)24/h2-14,22,24H,1H3,(H,27,29)/t22-,24?/m0/s1. The van der Waals surface area contributed by atoms with Crippen LogP contribution in [-0.4, -0.2) is 24.8 Å². The first kappa shape index (κ1) is 17.0. The van der Waals surface area contributed by atoms with Crippen LogP contribution in [0.2, 0.25) is 0 Å². The fourth-order valence-electron chi connectivity index (χ4n) is 4.65. The molecule has 2 atom stereocenters. The summed E-state index contributed by atoms with van der Waals surface area (Å²) in [5, 5.41) is 3.07. The van der Waals surface area contributed by atoms with Crippen molar-refractivity contribution in [2.45, 2.75) is 12.1 Å². The Morgan fingerprint density at radius 1 is 0.967 bits per heavy atom. The molecule has 0 fully saturated rings. The third kappa shape index (κ3) is 2.35. The quantitative estimate of drug-likeness (QED) is 0.684. The Labute approximate surface area is 174 Å². The zero-order chi connectivity index (χ0) is 20.2. The molecule has 30 heavy (non-hydrogen) atoms. The number of benzene rings is 3. The van der Waals surface area contributed by atoms with Crippen molar-refractivity contribution in [2.75, 3.05) is 17.3 Å². The number of amides is 1. The van der Waals surface area contributed by atoms with Crippen molar-refractivity contribution in [2.24, 2.45) is 4.99 Å². The second-order valence-electron chi connectivity index (χ2n) is 7.63. The minimum atomic E-state index is -0.410. The molecule has 3 aliphatic rings. The zero-order valence-electron chi connectivity index (χ0n) is 16.4. The minimum absolute atomic E-state index is 0.0249. The van der Waals surface area contributed by atoms with E-state index in [1.807, 2.05) is 48.5 Å². The molecule has 0 saturated heterocycles. The Hall–Kier alpha value is -3.86. The van der Waals surface area contributed by atoms with E-state index < -0.39 is 6.04 Å². The van der Waals surface area contributed by atoms with Crippen molar-refractivity contribution in [1.82, 2.24) is 0 Å². The number of anilines is 2. The molecular formula is C25H19N3O2. The number of nitrogens with zero attached hydrogens (tertiary/aromatic N) is 2. The Morgan fingerprint density at radius 2 is 1.73 bits per heavy atom. The van der Waals surface area contributed by atoms with Gasteiger partial charge in [-0.1, -0.05) is 42.5 Å². The topological polar surface area (TPSA) is 53.9 Å². The van der Waals surface area contributed by atoms with Gasteiger partial charge in [0.05, 0.1) is 35.9 Å². The van der Waals surface area contributed by atoms with Crippen LogP contribution in [0.3, 0.4) is 0 Å². The molecule has 0 aromatic heterocycles. The molecule has 3 aliphatic heterocycles. The number of carbonyl (C=O) groups is 1. The number of hydrogen-bond donors (Lipinski definition) is 1. The molecule has 5 nitrogen and oxygen atoms in total. The van der Waals surface area contributed by atoms with Gasteiger partial charge < -0.3 is 15.0 Å². The van der Waals surface area contributed by atoms with E-state index in [1.165, 1.54) is 0 Å². The van der Waals surface area contributed by atoms with Gasteiger partial charge in [0.2, 0.25) is 0 Å². The third-order valence-corrected chi connectivity index (χ3v) is 6.01. The highest BCUT2D eigenvalue weighted by Gasteiger charge is 2.45. The fraction of sp³-hybridized carbons (Fsp3) is 0.120. The van der Waals surface area contributed by atoms with Crippen molar-refractivity contribution >= 4 is 34.3 Å². The van der Waals surface area contributed by atoms with Gasteiger partial charge in [0.25, 0.3) is 5.91 Å². The average molecular weight is 393 g/mol. The Morgan fingerprint density at radius 3 is 2.57 bits per heavy atom. The molecule has 0 radical (unpaired) electrons. The van der Waals surface area contributed by atoms with Crippen molar-refractivity contribution < 1.29 is 9.53 Å². The predicted octanol–water partition coefficient (Wildman–Crippen LogP) is 4.75. The van der Waals surface area contributed by atoms with E-state index in [2.05, 4.69) is 40.6 Å². The van der Waals surface area contributed by atoms with E-state index in [1.54, 1.807) is 7.11 Å². The second-order valence-corrected chi connectivity index (χ2v) is 7.63. The summed E-state index contributed by atoms with van der Waals surface area (Å²) in [5.41, 5.74) is 6.94. The van der Waals surface area contributed by atoms with Crippen LogP contribution in [0.4, 0.5) is 17.1 Å². The summed E-state index contributed by atoms with van der Waals surface area (Å²) in [6.45, 7) is 0. The van der Waals surface area contributed by atoms with Gasteiger partial charge in [-0.2, -0.15) is 0 Å². The average Bonchev–Trinajstić information content (AvgIpc) is 3.16. The predicted molar refractivity (Wildman–Crippen MR) is 119 cm³/mol. The molecule has 0 aliphatic carbocycles. The molecule has 1 unspecified atom stereocenters. The number of fused-ring (bicyclic) bond motifs is 6. The molecule has 3 aromatic carbocycles. The summed E-state index contributed by atoms with van der Waals surface area (Å²) in [4.78, 5) is 20.3. The van der Waals surface area contributed by atoms with Crippen molar-refractivity contribution in [3.8, 4) is 5.75 Å². The van der Waals surface area contributed by atoms with Crippen LogP contribution < -0.4 is 15.0 Å². The SMILES string of the molecule is COc1ccc(C2C3=Nc4ccccc4C3=C[C@H]3C(=O)Nc4ccccc4N23)cc1. The van der Waals surface area contributed by atoms with Gasteiger partial charge in [0.1, 0.15) is 11.8 Å². The lowest BCUT2D eigenvalue weighted by Gasteiger charge is -2.45. The highest BCUT2D eigenvalue weighted by Crippen LogP contribution is 2.48. The van der Waals surface area contributed by atoms with Crippen LogP contribution in [0.1, 0.15) is 17.2 Å². The molecule has 0 saturated carbocycles. The molecule has 3 aromatic rings. The summed E-state index contributed by atoms with van der Waals surface area (Å²) < 4.78 is 5.35. The maximum Gasteiger partial charge on any atom is 0.251 e. The van der Waals surface area contributed by atoms with Gasteiger partial charge in [-0.3, -0.25) is 4.79 Å². The Bertz CT molecular complexity index is 1240. The van der Waals surface area contributed by atoms with Crippen LogP contribution in [0.5, 0.6) is 5.75 Å². The van der Waals surface area contributed by atoms with Crippen molar-refractivity contribution in [1.29, 1.82) is 0 Å². The van der Waals surface area contributed by atoms with Crippen LogP contribution in [0.15, 0.2) is 83.9 Å². The summed E-state index contributed by atoms with van der Waals surface area (Å²) >= 11 is 0. The van der Waals surface area contributed by atoms with Crippen LogP contribution in [0.25, 0.3) is 5.57 Å². The molecule has 5 heteroatoms. The van der Waals surface area contributed by atoms with Gasteiger partial charge in [-0.25, -0.2) is 4.99 Å². The van der Waals surface area contributed by atoms with E-state index in [0.29, 0.717) is 0 Å². The lowest BCUT2D eigenvalue weighted by atomic mass is 9.85. The highest BCUT2D eigenvalue weighted by molar-refractivity contribution is 6.34. The number of ether oxygens (including phenoxy) is 1. The maximum atomic E-state index is 13.1. The van der Waals surface area contributed by atoms with Crippen molar-refractivity contribution in [3.05, 3.63) is 90.0 Å². The van der Waals surface area contributed by atoms with E-state index in [4.69, 9.17) is 9.73 Å². The number of nitrogens with one attached hydrogen (secondary N) is 1. The lowest BCUT2D eigenvalue weighted by Crippen LogP contribution is -2.53. The number of hydrogen-bond acceptors (Lipinski definition) is 4. The van der Waals surface area contributed by atoms with Crippen LogP contribution in [0, 0.1) is 0 Å². The number of aliphatic imine (C=N–C) groups is 1. The van der Waals surface area contributed by atoms with Gasteiger partial charge in [0.15, 0.2) is 0 Å². The molecule has 1 N–H and O–H groups in total. The molecule has 3 heterocycles. The smallest absolute Gasteiger partial charge is 0.251 e. The molecule has 1 amide bonds. The van der Waals surface area contributed by atoms with Crippen LogP contribution >= 0.6 is 0 Å². The number of methoxy groups -OCH3 is 1. The molecular weight excluding hydrogens is 374 g/mol. The first-order chi connectivity index (χ1) is 14.7. The van der Waals surface area contributed by atoms with Gasteiger partial charge in [-0.15, -0.1) is 0 Å². The third-order valence-electron chi connectivity index (χ3n) is 6.01. The summed E-state index contributed by atoms with van der Waals surface area (Å²) in [6, 6.07) is 23.5. The Balaban J connectivity index is 1.60. The van der Waals surface area contributed by atoms with Gasteiger partial charge in [-0.05, 0) is 42.0 Å². The molecule has 0 bridgehead atoms. The lowest BCUT2D eigenvalue weighted by molar-refractivity contribution is -0.116. The normalized spacial score (nSPS) is 20.8. The second kappa shape index (κ2) is 6.32. The zero-order valence-corrected chi connectivity index (χ0v) is 16.4. The molecule has 6 rings (SSSR count). The summed E-state index contributed by atoms with van der Waals surface area (Å²) in [6.07, 6.45) is 2.05. The van der Waals surface area contributed by atoms with Gasteiger partial charge >= 0.3 is 0 Å². The Kier molecular flexibility index (Phi) is 3.59.